The minimum Gasteiger partial charge on any atom is -0.497 e. The number of benzene rings is 2. The highest BCUT2D eigenvalue weighted by Gasteiger charge is 2.32. The lowest BCUT2D eigenvalue weighted by Crippen LogP contribution is -2.21. The predicted octanol–water partition coefficient (Wildman–Crippen LogP) is 3.46. The molecule has 5 nitrogen and oxygen atoms in total. The molecule has 0 spiro atoms. The Bertz CT molecular complexity index is 1030. The lowest BCUT2D eigenvalue weighted by molar-refractivity contribution is 0.397. The molecule has 0 saturated carbocycles. The smallest absolute Gasteiger partial charge is 0.205 e. The van der Waals surface area contributed by atoms with E-state index in [0.717, 1.165) is 27.8 Å². The van der Waals surface area contributed by atoms with Gasteiger partial charge in [0.2, 0.25) is 5.88 Å². The van der Waals surface area contributed by atoms with Gasteiger partial charge in [-0.15, -0.1) is 0 Å². The number of methoxy groups -OCH3 is 1. The summed E-state index contributed by atoms with van der Waals surface area (Å²) in [5.74, 6) is 1.18. The van der Waals surface area contributed by atoms with Crippen molar-refractivity contribution in [2.45, 2.75) is 5.92 Å². The molecule has 0 amide bonds. The maximum absolute atomic E-state index is 9.62. The van der Waals surface area contributed by atoms with Crippen LogP contribution >= 0.6 is 0 Å². The number of pyridine rings is 1. The molecular formula is C20H15N3O2. The molecule has 2 heterocycles. The van der Waals surface area contributed by atoms with Gasteiger partial charge >= 0.3 is 0 Å². The Morgan fingerprint density at radius 1 is 1.16 bits per heavy atom. The van der Waals surface area contributed by atoms with Gasteiger partial charge < -0.3 is 15.2 Å². The second-order valence-corrected chi connectivity index (χ2v) is 5.76. The second-order valence-electron chi connectivity index (χ2n) is 5.76. The highest BCUT2D eigenvalue weighted by molar-refractivity contribution is 5.87. The summed E-state index contributed by atoms with van der Waals surface area (Å²) in [6.07, 6.45) is 1.72. The SMILES string of the molecule is COc1ccc([C@H]2C(C#N)=C(N)Oc3c2ccc2cccnc32)cc1. The Hall–Kier alpha value is -3.52. The number of fused-ring (bicyclic) bond motifs is 3. The first-order chi connectivity index (χ1) is 12.2. The van der Waals surface area contributed by atoms with Gasteiger partial charge in [0.05, 0.1) is 13.0 Å². The number of hydrogen-bond donors (Lipinski definition) is 1. The van der Waals surface area contributed by atoms with Crippen LogP contribution in [0, 0.1) is 11.3 Å². The van der Waals surface area contributed by atoms with Crippen LogP contribution in [0.5, 0.6) is 11.5 Å². The molecule has 25 heavy (non-hydrogen) atoms. The minimum absolute atomic E-state index is 0.119. The molecule has 1 aliphatic heterocycles. The van der Waals surface area contributed by atoms with Crippen molar-refractivity contribution in [2.75, 3.05) is 7.11 Å². The Balaban J connectivity index is 1.96. The van der Waals surface area contributed by atoms with Crippen LogP contribution < -0.4 is 15.2 Å². The fourth-order valence-corrected chi connectivity index (χ4v) is 3.19. The van der Waals surface area contributed by atoms with Crippen LogP contribution in [0.25, 0.3) is 10.9 Å². The molecule has 5 heteroatoms. The molecule has 4 rings (SSSR count). The summed E-state index contributed by atoms with van der Waals surface area (Å²) in [7, 11) is 1.62. The average molecular weight is 329 g/mol. The normalized spacial score (nSPS) is 16.1. The number of allylic oxidation sites excluding steroid dienone is 1. The van der Waals surface area contributed by atoms with Crippen molar-refractivity contribution in [3.8, 4) is 17.6 Å². The van der Waals surface area contributed by atoms with Crippen molar-refractivity contribution in [3.63, 3.8) is 0 Å². The van der Waals surface area contributed by atoms with Crippen LogP contribution in [0.2, 0.25) is 0 Å². The number of aromatic nitrogens is 1. The third-order valence-corrected chi connectivity index (χ3v) is 4.41. The third kappa shape index (κ3) is 2.36. The topological polar surface area (TPSA) is 81.2 Å². The fourth-order valence-electron chi connectivity index (χ4n) is 3.19. The van der Waals surface area contributed by atoms with E-state index >= 15 is 0 Å². The molecular weight excluding hydrogens is 314 g/mol. The van der Waals surface area contributed by atoms with E-state index in [9.17, 15) is 5.26 Å². The van der Waals surface area contributed by atoms with Gasteiger partial charge in [0, 0.05) is 17.1 Å². The van der Waals surface area contributed by atoms with Crippen LogP contribution in [0.1, 0.15) is 17.0 Å². The highest BCUT2D eigenvalue weighted by atomic mass is 16.5. The van der Waals surface area contributed by atoms with Crippen molar-refractivity contribution < 1.29 is 9.47 Å². The number of nitrogens with two attached hydrogens (primary N) is 1. The van der Waals surface area contributed by atoms with E-state index in [1.807, 2.05) is 48.5 Å². The molecule has 0 radical (unpaired) electrons. The Morgan fingerprint density at radius 2 is 1.96 bits per heavy atom. The highest BCUT2D eigenvalue weighted by Crippen LogP contribution is 2.44. The number of nitriles is 1. The van der Waals surface area contributed by atoms with Crippen molar-refractivity contribution in [3.05, 3.63) is 77.3 Å². The lowest BCUT2D eigenvalue weighted by Gasteiger charge is -2.27. The first kappa shape index (κ1) is 15.0. The fraction of sp³-hybridized carbons (Fsp3) is 0.100. The average Bonchev–Trinajstić information content (AvgIpc) is 2.67. The summed E-state index contributed by atoms with van der Waals surface area (Å²) in [6.45, 7) is 0. The second kappa shape index (κ2) is 5.84. The van der Waals surface area contributed by atoms with E-state index in [4.69, 9.17) is 15.2 Å². The largest absolute Gasteiger partial charge is 0.497 e. The first-order valence-electron chi connectivity index (χ1n) is 7.82. The van der Waals surface area contributed by atoms with Crippen molar-refractivity contribution in [1.82, 2.24) is 4.98 Å². The summed E-state index contributed by atoms with van der Waals surface area (Å²) in [5, 5.41) is 10.6. The molecule has 2 aromatic carbocycles. The molecule has 0 fully saturated rings. The maximum atomic E-state index is 9.62. The number of hydrogen-bond acceptors (Lipinski definition) is 5. The number of nitrogens with zero attached hydrogens (tertiary/aromatic N) is 2. The van der Waals surface area contributed by atoms with Gasteiger partial charge in [-0.2, -0.15) is 5.26 Å². The van der Waals surface area contributed by atoms with Gasteiger partial charge in [-0.1, -0.05) is 30.3 Å². The summed E-state index contributed by atoms with van der Waals surface area (Å²) >= 11 is 0. The van der Waals surface area contributed by atoms with Crippen LogP contribution in [-0.2, 0) is 0 Å². The standard InChI is InChI=1S/C20H15N3O2/c1-24-14-7-4-12(5-8-14)17-15-9-6-13-3-2-10-23-18(13)19(15)25-20(22)16(17)11-21/h2-10,17H,22H2,1H3/t17-/m1/s1. The van der Waals surface area contributed by atoms with Crippen molar-refractivity contribution in [2.24, 2.45) is 5.73 Å². The molecule has 0 aliphatic carbocycles. The predicted molar refractivity (Wildman–Crippen MR) is 94.0 cm³/mol. The quantitative estimate of drug-likeness (QED) is 0.778. The zero-order chi connectivity index (χ0) is 17.4. The summed E-state index contributed by atoms with van der Waals surface area (Å²) in [6, 6.07) is 17.6. The molecule has 1 aliphatic rings. The molecule has 0 saturated heterocycles. The number of ether oxygens (including phenoxy) is 2. The Labute approximate surface area is 144 Å². The van der Waals surface area contributed by atoms with Gasteiger partial charge in [0.25, 0.3) is 0 Å². The van der Waals surface area contributed by atoms with Gasteiger partial charge in [-0.3, -0.25) is 4.98 Å². The zero-order valence-electron chi connectivity index (χ0n) is 13.6. The van der Waals surface area contributed by atoms with Gasteiger partial charge in [-0.25, -0.2) is 0 Å². The van der Waals surface area contributed by atoms with Crippen molar-refractivity contribution >= 4 is 10.9 Å². The molecule has 1 atom stereocenters. The van der Waals surface area contributed by atoms with Crippen LogP contribution in [0.15, 0.2) is 66.2 Å². The Kier molecular flexibility index (Phi) is 3.51. The van der Waals surface area contributed by atoms with E-state index in [1.54, 1.807) is 13.3 Å². The van der Waals surface area contributed by atoms with E-state index in [-0.39, 0.29) is 11.8 Å². The lowest BCUT2D eigenvalue weighted by atomic mass is 9.83. The van der Waals surface area contributed by atoms with Crippen LogP contribution in [0.4, 0.5) is 0 Å². The number of rotatable bonds is 2. The van der Waals surface area contributed by atoms with Crippen LogP contribution in [-0.4, -0.2) is 12.1 Å². The summed E-state index contributed by atoms with van der Waals surface area (Å²) in [4.78, 5) is 4.43. The maximum Gasteiger partial charge on any atom is 0.205 e. The van der Waals surface area contributed by atoms with E-state index in [2.05, 4.69) is 11.1 Å². The van der Waals surface area contributed by atoms with Gasteiger partial charge in [0.15, 0.2) is 5.75 Å². The molecule has 3 aromatic rings. The van der Waals surface area contributed by atoms with Gasteiger partial charge in [0.1, 0.15) is 22.9 Å². The van der Waals surface area contributed by atoms with Gasteiger partial charge in [-0.05, 0) is 23.8 Å². The van der Waals surface area contributed by atoms with Crippen molar-refractivity contribution in [1.29, 1.82) is 5.26 Å². The van der Waals surface area contributed by atoms with E-state index < -0.39 is 0 Å². The van der Waals surface area contributed by atoms with Crippen LogP contribution in [0.3, 0.4) is 0 Å². The van der Waals surface area contributed by atoms with E-state index in [1.165, 1.54) is 0 Å². The minimum atomic E-state index is -0.300. The summed E-state index contributed by atoms with van der Waals surface area (Å²) in [5.41, 5.74) is 9.01. The Morgan fingerprint density at radius 3 is 2.68 bits per heavy atom. The monoisotopic (exact) mass is 329 g/mol. The van der Waals surface area contributed by atoms with E-state index in [0.29, 0.717) is 11.3 Å². The molecule has 1 aromatic heterocycles. The summed E-state index contributed by atoms with van der Waals surface area (Å²) < 4.78 is 11.0. The first-order valence-corrected chi connectivity index (χ1v) is 7.82. The third-order valence-electron chi connectivity index (χ3n) is 4.41. The molecule has 2 N–H and O–H groups in total. The molecule has 122 valence electrons. The molecule has 0 bridgehead atoms. The zero-order valence-corrected chi connectivity index (χ0v) is 13.6. The molecule has 0 unspecified atom stereocenters.